The average molecular weight is 308 g/mol. The number of pyridine rings is 1. The van der Waals surface area contributed by atoms with Crippen LogP contribution in [0, 0.1) is 0 Å². The minimum absolute atomic E-state index is 0.00866. The van der Waals surface area contributed by atoms with Crippen molar-refractivity contribution in [3.05, 3.63) is 41.9 Å². The molecule has 6 nitrogen and oxygen atoms in total. The molecule has 114 valence electrons. The Morgan fingerprint density at radius 3 is 2.48 bits per heavy atom. The molecule has 2 heterocycles. The van der Waals surface area contributed by atoms with Gasteiger partial charge in [0, 0.05) is 29.6 Å². The normalized spacial score (nSPS) is 12.3. The van der Waals surface area contributed by atoms with Gasteiger partial charge in [-0.25, -0.2) is 8.42 Å². The summed E-state index contributed by atoms with van der Waals surface area (Å²) in [4.78, 5) is 3.90. The maximum atomic E-state index is 12.1. The van der Waals surface area contributed by atoms with Crippen LogP contribution in [-0.4, -0.2) is 29.4 Å². The lowest BCUT2D eigenvalue weighted by atomic mass is 9.92. The Hall–Kier alpha value is -1.89. The lowest BCUT2D eigenvalue weighted by Crippen LogP contribution is -2.18. The van der Waals surface area contributed by atoms with Crippen LogP contribution in [0.5, 0.6) is 0 Å². The van der Waals surface area contributed by atoms with E-state index < -0.39 is 10.0 Å². The van der Waals surface area contributed by atoms with Gasteiger partial charge in [-0.2, -0.15) is 5.10 Å². The Morgan fingerprint density at radius 2 is 1.90 bits per heavy atom. The number of hydrogen-bond donors (Lipinski definition) is 2. The molecule has 2 rings (SSSR count). The van der Waals surface area contributed by atoms with Gasteiger partial charge in [-0.05, 0) is 24.1 Å². The minimum atomic E-state index is -3.42. The Bertz CT molecular complexity index is 687. The molecule has 0 radical (unpaired) electrons. The van der Waals surface area contributed by atoms with Crippen molar-refractivity contribution < 1.29 is 8.42 Å². The van der Waals surface area contributed by atoms with Crippen LogP contribution in [0.15, 0.2) is 30.6 Å². The van der Waals surface area contributed by atoms with Crippen LogP contribution in [0.2, 0.25) is 0 Å². The van der Waals surface area contributed by atoms with Gasteiger partial charge < -0.3 is 0 Å². The van der Waals surface area contributed by atoms with Gasteiger partial charge in [0.15, 0.2) is 5.82 Å². The van der Waals surface area contributed by atoms with Crippen LogP contribution in [0.3, 0.4) is 0 Å². The Labute approximate surface area is 125 Å². The number of nitrogens with zero attached hydrogens (tertiary/aromatic N) is 2. The molecule has 0 bridgehead atoms. The fourth-order valence-electron chi connectivity index (χ4n) is 1.77. The van der Waals surface area contributed by atoms with Gasteiger partial charge in [0.1, 0.15) is 0 Å². The number of aromatic amines is 1. The third-order valence-electron chi connectivity index (χ3n) is 3.05. The molecule has 0 atom stereocenters. The summed E-state index contributed by atoms with van der Waals surface area (Å²) in [7, 11) is -3.42. The van der Waals surface area contributed by atoms with E-state index in [1.165, 1.54) is 0 Å². The molecule has 0 aliphatic carbocycles. The summed E-state index contributed by atoms with van der Waals surface area (Å²) in [5.74, 6) is 0.337. The number of nitrogens with one attached hydrogen (secondary N) is 2. The molecule has 0 aliphatic heterocycles. The first-order valence-corrected chi connectivity index (χ1v) is 8.37. The SMILES string of the molecule is CC(C)(C)c1cc(NS(=O)(=O)CCc2ccncc2)n[nH]1. The van der Waals surface area contributed by atoms with E-state index in [2.05, 4.69) is 19.9 Å². The van der Waals surface area contributed by atoms with E-state index in [4.69, 9.17) is 0 Å². The molecule has 0 spiro atoms. The fraction of sp³-hybridized carbons (Fsp3) is 0.429. The molecule has 0 aromatic carbocycles. The Balaban J connectivity index is 1.99. The molecule has 0 amide bonds. The fourth-order valence-corrected chi connectivity index (χ4v) is 2.80. The van der Waals surface area contributed by atoms with Crippen molar-refractivity contribution in [3.8, 4) is 0 Å². The zero-order valence-electron chi connectivity index (χ0n) is 12.4. The first-order chi connectivity index (χ1) is 9.76. The molecule has 0 saturated carbocycles. The molecule has 0 aliphatic rings. The van der Waals surface area contributed by atoms with E-state index >= 15 is 0 Å². The molecular weight excluding hydrogens is 288 g/mol. The van der Waals surface area contributed by atoms with Gasteiger partial charge in [0.2, 0.25) is 10.0 Å². The second-order valence-corrected chi connectivity index (χ2v) is 7.79. The van der Waals surface area contributed by atoms with Crippen LogP contribution in [0.1, 0.15) is 32.0 Å². The molecule has 7 heteroatoms. The molecule has 2 aromatic heterocycles. The predicted octanol–water partition coefficient (Wildman–Crippen LogP) is 2.09. The van der Waals surface area contributed by atoms with E-state index in [-0.39, 0.29) is 11.2 Å². The number of hydrogen-bond acceptors (Lipinski definition) is 4. The Kier molecular flexibility index (Phi) is 4.32. The molecular formula is C14H20N4O2S. The van der Waals surface area contributed by atoms with E-state index in [0.717, 1.165) is 11.3 Å². The number of H-pyrrole nitrogens is 1. The first-order valence-electron chi connectivity index (χ1n) is 6.71. The van der Waals surface area contributed by atoms with Gasteiger partial charge >= 0.3 is 0 Å². The van der Waals surface area contributed by atoms with Crippen LogP contribution in [0.4, 0.5) is 5.82 Å². The van der Waals surface area contributed by atoms with E-state index in [1.807, 2.05) is 32.9 Å². The number of aromatic nitrogens is 3. The molecule has 2 N–H and O–H groups in total. The molecule has 0 fully saturated rings. The lowest BCUT2D eigenvalue weighted by Gasteiger charge is -2.14. The molecule has 0 saturated heterocycles. The zero-order chi connectivity index (χ0) is 15.5. The maximum Gasteiger partial charge on any atom is 0.234 e. The topological polar surface area (TPSA) is 87.7 Å². The number of rotatable bonds is 5. The van der Waals surface area contributed by atoms with Crippen LogP contribution in [-0.2, 0) is 21.9 Å². The Morgan fingerprint density at radius 1 is 1.24 bits per heavy atom. The van der Waals surface area contributed by atoms with Crippen molar-refractivity contribution in [2.45, 2.75) is 32.6 Å². The molecule has 2 aromatic rings. The van der Waals surface area contributed by atoms with Crippen molar-refractivity contribution in [1.82, 2.24) is 15.2 Å². The second-order valence-electron chi connectivity index (χ2n) is 5.94. The van der Waals surface area contributed by atoms with Crippen LogP contribution < -0.4 is 4.72 Å². The summed E-state index contributed by atoms with van der Waals surface area (Å²) >= 11 is 0. The average Bonchev–Trinajstić information content (AvgIpc) is 2.85. The standard InChI is InChI=1S/C14H20N4O2S/c1-14(2,3)12-10-13(17-16-12)18-21(19,20)9-6-11-4-7-15-8-5-11/h4-5,7-8,10H,6,9H2,1-3H3,(H2,16,17,18). The highest BCUT2D eigenvalue weighted by atomic mass is 32.2. The summed E-state index contributed by atoms with van der Waals surface area (Å²) in [6.45, 7) is 6.09. The second kappa shape index (κ2) is 5.85. The van der Waals surface area contributed by atoms with Crippen LogP contribution >= 0.6 is 0 Å². The summed E-state index contributed by atoms with van der Waals surface area (Å²) in [5, 5.41) is 6.85. The highest BCUT2D eigenvalue weighted by Crippen LogP contribution is 2.22. The molecule has 21 heavy (non-hydrogen) atoms. The van der Waals surface area contributed by atoms with E-state index in [0.29, 0.717) is 12.2 Å². The predicted molar refractivity (Wildman–Crippen MR) is 82.6 cm³/mol. The maximum absolute atomic E-state index is 12.1. The van der Waals surface area contributed by atoms with Gasteiger partial charge in [-0.3, -0.25) is 14.8 Å². The zero-order valence-corrected chi connectivity index (χ0v) is 13.2. The highest BCUT2D eigenvalue weighted by molar-refractivity contribution is 7.92. The lowest BCUT2D eigenvalue weighted by molar-refractivity contribution is 0.567. The smallest absolute Gasteiger partial charge is 0.234 e. The van der Waals surface area contributed by atoms with Crippen molar-refractivity contribution in [2.75, 3.05) is 10.5 Å². The number of aryl methyl sites for hydroxylation is 1. The summed E-state index contributed by atoms with van der Waals surface area (Å²) in [5.41, 5.74) is 1.72. The molecule has 0 unspecified atom stereocenters. The summed E-state index contributed by atoms with van der Waals surface area (Å²) in [6, 6.07) is 5.34. The largest absolute Gasteiger partial charge is 0.280 e. The number of sulfonamides is 1. The quantitative estimate of drug-likeness (QED) is 0.885. The van der Waals surface area contributed by atoms with Crippen LogP contribution in [0.25, 0.3) is 0 Å². The van der Waals surface area contributed by atoms with Crippen molar-refractivity contribution in [1.29, 1.82) is 0 Å². The van der Waals surface area contributed by atoms with Crippen molar-refractivity contribution >= 4 is 15.8 Å². The highest BCUT2D eigenvalue weighted by Gasteiger charge is 2.19. The minimum Gasteiger partial charge on any atom is -0.280 e. The van der Waals surface area contributed by atoms with Gasteiger partial charge in [0.05, 0.1) is 5.75 Å². The monoisotopic (exact) mass is 308 g/mol. The first kappa shape index (κ1) is 15.5. The van der Waals surface area contributed by atoms with Crippen molar-refractivity contribution in [2.24, 2.45) is 0 Å². The van der Waals surface area contributed by atoms with E-state index in [1.54, 1.807) is 18.5 Å². The van der Waals surface area contributed by atoms with E-state index in [9.17, 15) is 8.42 Å². The van der Waals surface area contributed by atoms with Gasteiger partial charge in [-0.15, -0.1) is 0 Å². The van der Waals surface area contributed by atoms with Crippen molar-refractivity contribution in [3.63, 3.8) is 0 Å². The third-order valence-corrected chi connectivity index (χ3v) is 4.32. The summed E-state index contributed by atoms with van der Waals surface area (Å²) < 4.78 is 26.6. The van der Waals surface area contributed by atoms with Gasteiger partial charge in [-0.1, -0.05) is 20.8 Å². The number of anilines is 1. The van der Waals surface area contributed by atoms with Gasteiger partial charge in [0.25, 0.3) is 0 Å². The third kappa shape index (κ3) is 4.56. The summed E-state index contributed by atoms with van der Waals surface area (Å²) in [6.07, 6.45) is 3.74.